The van der Waals surface area contributed by atoms with Crippen molar-refractivity contribution in [3.8, 4) is 0 Å². The number of carbonyl (C=O) groups is 1. The van der Waals surface area contributed by atoms with Gasteiger partial charge in [-0.3, -0.25) is 10.1 Å². The Bertz CT molecular complexity index is 436. The monoisotopic (exact) mass is 247 g/mol. The minimum Gasteiger partial charge on any atom is -0.480 e. The summed E-state index contributed by atoms with van der Waals surface area (Å²) in [7, 11) is 0. The Balaban J connectivity index is 2.42. The van der Waals surface area contributed by atoms with Crippen LogP contribution in [0.2, 0.25) is 0 Å². The van der Waals surface area contributed by atoms with Crippen LogP contribution in [0, 0.1) is 5.41 Å². The zero-order chi connectivity index (χ0) is 13.4. The lowest BCUT2D eigenvalue weighted by Gasteiger charge is -2.43. The van der Waals surface area contributed by atoms with Crippen molar-refractivity contribution in [2.24, 2.45) is 5.41 Å². The molecule has 2 N–H and O–H groups in total. The van der Waals surface area contributed by atoms with Crippen LogP contribution < -0.4 is 5.32 Å². The molecule has 2 rings (SSSR count). The quantitative estimate of drug-likeness (QED) is 0.845. The first-order chi connectivity index (χ1) is 8.37. The SMILES string of the molecule is CC(C)(C)[C@@]1(c2ccccc2)CC[C@@H](C(=O)O)N1. The molecule has 18 heavy (non-hydrogen) atoms. The van der Waals surface area contributed by atoms with E-state index in [2.05, 4.69) is 38.2 Å². The summed E-state index contributed by atoms with van der Waals surface area (Å²) in [5.74, 6) is -0.753. The van der Waals surface area contributed by atoms with Crippen molar-refractivity contribution in [2.45, 2.75) is 45.2 Å². The van der Waals surface area contributed by atoms with Gasteiger partial charge in [0.1, 0.15) is 6.04 Å². The second-order valence-corrected chi connectivity index (χ2v) is 6.10. The highest BCUT2D eigenvalue weighted by atomic mass is 16.4. The van der Waals surface area contributed by atoms with Gasteiger partial charge in [0.2, 0.25) is 0 Å². The Morgan fingerprint density at radius 2 is 1.94 bits per heavy atom. The van der Waals surface area contributed by atoms with Gasteiger partial charge in [0, 0.05) is 5.54 Å². The van der Waals surface area contributed by atoms with E-state index in [9.17, 15) is 9.90 Å². The van der Waals surface area contributed by atoms with Gasteiger partial charge in [-0.25, -0.2) is 0 Å². The summed E-state index contributed by atoms with van der Waals surface area (Å²) in [5.41, 5.74) is 0.900. The molecule has 3 nitrogen and oxygen atoms in total. The first-order valence-electron chi connectivity index (χ1n) is 6.43. The second-order valence-electron chi connectivity index (χ2n) is 6.10. The summed E-state index contributed by atoms with van der Waals surface area (Å²) in [6.45, 7) is 6.49. The highest BCUT2D eigenvalue weighted by molar-refractivity contribution is 5.74. The molecule has 1 heterocycles. The number of rotatable bonds is 2. The summed E-state index contributed by atoms with van der Waals surface area (Å²) >= 11 is 0. The van der Waals surface area contributed by atoms with Gasteiger partial charge in [-0.15, -0.1) is 0 Å². The molecule has 0 radical (unpaired) electrons. The third kappa shape index (κ3) is 2.03. The lowest BCUT2D eigenvalue weighted by molar-refractivity contribution is -0.139. The van der Waals surface area contributed by atoms with Crippen LogP contribution in [0.5, 0.6) is 0 Å². The molecule has 1 fully saturated rings. The molecule has 0 spiro atoms. The molecule has 0 amide bonds. The molecule has 0 unspecified atom stereocenters. The van der Waals surface area contributed by atoms with E-state index in [1.807, 2.05) is 18.2 Å². The van der Waals surface area contributed by atoms with Crippen LogP contribution in [0.25, 0.3) is 0 Å². The lowest BCUT2D eigenvalue weighted by Crippen LogP contribution is -2.51. The number of carboxylic acids is 1. The van der Waals surface area contributed by atoms with E-state index < -0.39 is 12.0 Å². The Morgan fingerprint density at radius 1 is 1.33 bits per heavy atom. The van der Waals surface area contributed by atoms with E-state index in [4.69, 9.17) is 0 Å². The van der Waals surface area contributed by atoms with Gasteiger partial charge < -0.3 is 5.11 Å². The van der Waals surface area contributed by atoms with Crippen molar-refractivity contribution < 1.29 is 9.90 Å². The van der Waals surface area contributed by atoms with E-state index in [1.54, 1.807) is 0 Å². The molecular formula is C15H21NO2. The van der Waals surface area contributed by atoms with E-state index in [1.165, 1.54) is 5.56 Å². The largest absolute Gasteiger partial charge is 0.480 e. The van der Waals surface area contributed by atoms with Gasteiger partial charge in [0.25, 0.3) is 0 Å². The fourth-order valence-corrected chi connectivity index (χ4v) is 2.96. The van der Waals surface area contributed by atoms with Crippen LogP contribution in [-0.4, -0.2) is 17.1 Å². The zero-order valence-corrected chi connectivity index (χ0v) is 11.2. The number of hydrogen-bond donors (Lipinski definition) is 2. The average Bonchev–Trinajstić information content (AvgIpc) is 2.75. The van der Waals surface area contributed by atoms with Crippen LogP contribution in [-0.2, 0) is 10.3 Å². The number of carboxylic acid groups (broad SMARTS) is 1. The molecule has 98 valence electrons. The van der Waals surface area contributed by atoms with Crippen molar-refractivity contribution in [3.63, 3.8) is 0 Å². The van der Waals surface area contributed by atoms with Gasteiger partial charge in [-0.2, -0.15) is 0 Å². The molecule has 3 heteroatoms. The molecule has 1 saturated heterocycles. The summed E-state index contributed by atoms with van der Waals surface area (Å²) in [6.07, 6.45) is 1.54. The van der Waals surface area contributed by atoms with Gasteiger partial charge >= 0.3 is 5.97 Å². The summed E-state index contributed by atoms with van der Waals surface area (Å²) < 4.78 is 0. The Morgan fingerprint density at radius 3 is 2.39 bits per heavy atom. The number of hydrogen-bond acceptors (Lipinski definition) is 2. The second kappa shape index (κ2) is 4.39. The molecule has 1 aliphatic heterocycles. The Labute approximate surface area is 108 Å². The van der Waals surface area contributed by atoms with Gasteiger partial charge in [0.15, 0.2) is 0 Å². The third-order valence-corrected chi connectivity index (χ3v) is 4.07. The highest BCUT2D eigenvalue weighted by Crippen LogP contribution is 2.46. The summed E-state index contributed by atoms with van der Waals surface area (Å²) in [4.78, 5) is 11.2. The van der Waals surface area contributed by atoms with E-state index in [-0.39, 0.29) is 11.0 Å². The number of nitrogens with one attached hydrogen (secondary N) is 1. The van der Waals surface area contributed by atoms with Crippen molar-refractivity contribution in [1.29, 1.82) is 0 Å². The van der Waals surface area contributed by atoms with E-state index in [0.29, 0.717) is 6.42 Å². The maximum absolute atomic E-state index is 11.2. The molecule has 0 bridgehead atoms. The maximum Gasteiger partial charge on any atom is 0.320 e. The van der Waals surface area contributed by atoms with Gasteiger partial charge in [-0.1, -0.05) is 51.1 Å². The van der Waals surface area contributed by atoms with Crippen molar-refractivity contribution in [2.75, 3.05) is 0 Å². The number of aliphatic carboxylic acids is 1. The van der Waals surface area contributed by atoms with Crippen molar-refractivity contribution in [3.05, 3.63) is 35.9 Å². The molecule has 1 aromatic rings. The normalized spacial score (nSPS) is 28.3. The third-order valence-electron chi connectivity index (χ3n) is 4.07. The topological polar surface area (TPSA) is 49.3 Å². The fourth-order valence-electron chi connectivity index (χ4n) is 2.96. The van der Waals surface area contributed by atoms with Crippen LogP contribution in [0.15, 0.2) is 30.3 Å². The van der Waals surface area contributed by atoms with Gasteiger partial charge in [0.05, 0.1) is 0 Å². The van der Waals surface area contributed by atoms with Crippen LogP contribution in [0.3, 0.4) is 0 Å². The highest BCUT2D eigenvalue weighted by Gasteiger charge is 2.49. The van der Waals surface area contributed by atoms with Crippen LogP contribution in [0.1, 0.15) is 39.2 Å². The average molecular weight is 247 g/mol. The smallest absolute Gasteiger partial charge is 0.320 e. The number of benzene rings is 1. The van der Waals surface area contributed by atoms with E-state index in [0.717, 1.165) is 6.42 Å². The van der Waals surface area contributed by atoms with Crippen LogP contribution in [0.4, 0.5) is 0 Å². The van der Waals surface area contributed by atoms with Crippen LogP contribution >= 0.6 is 0 Å². The first-order valence-corrected chi connectivity index (χ1v) is 6.43. The standard InChI is InChI=1S/C15H21NO2/c1-14(2,3)15(11-7-5-4-6-8-11)10-9-12(16-15)13(17)18/h4-8,12,16H,9-10H2,1-3H3,(H,17,18)/t12-,15-/m0/s1. The molecular weight excluding hydrogens is 226 g/mol. The minimum atomic E-state index is -0.753. The Hall–Kier alpha value is -1.35. The zero-order valence-electron chi connectivity index (χ0n) is 11.2. The van der Waals surface area contributed by atoms with Gasteiger partial charge in [-0.05, 0) is 23.8 Å². The first kappa shape index (κ1) is 13.1. The molecule has 0 aliphatic carbocycles. The summed E-state index contributed by atoms with van der Waals surface area (Å²) in [6, 6.07) is 9.75. The predicted octanol–water partition coefficient (Wildman–Crippen LogP) is 2.76. The molecule has 0 saturated carbocycles. The molecule has 2 atom stereocenters. The fraction of sp³-hybridized carbons (Fsp3) is 0.533. The maximum atomic E-state index is 11.2. The molecule has 1 aliphatic rings. The van der Waals surface area contributed by atoms with Crippen molar-refractivity contribution >= 4 is 5.97 Å². The molecule has 0 aromatic heterocycles. The van der Waals surface area contributed by atoms with Crippen molar-refractivity contribution in [1.82, 2.24) is 5.32 Å². The summed E-state index contributed by atoms with van der Waals surface area (Å²) in [5, 5.41) is 12.6. The molecule has 1 aromatic carbocycles. The lowest BCUT2D eigenvalue weighted by atomic mass is 9.68. The van der Waals surface area contributed by atoms with E-state index >= 15 is 0 Å². The minimum absolute atomic E-state index is 0.0292. The predicted molar refractivity (Wildman–Crippen MR) is 71.4 cm³/mol. The Kier molecular flexibility index (Phi) is 3.20.